The van der Waals surface area contributed by atoms with Gasteiger partial charge in [-0.3, -0.25) is 0 Å². The van der Waals surface area contributed by atoms with Gasteiger partial charge in [0.2, 0.25) is 0 Å². The van der Waals surface area contributed by atoms with Crippen LogP contribution in [0.1, 0.15) is 19.3 Å². The second-order valence-corrected chi connectivity index (χ2v) is 3.66. The summed E-state index contributed by atoms with van der Waals surface area (Å²) < 4.78 is 13.5. The van der Waals surface area contributed by atoms with E-state index >= 15 is 0 Å². The van der Waals surface area contributed by atoms with E-state index in [1.54, 1.807) is 0 Å². The molecule has 0 aliphatic heterocycles. The molecule has 0 aromatic carbocycles. The highest BCUT2D eigenvalue weighted by Gasteiger charge is 2.37. The fourth-order valence-electron chi connectivity index (χ4n) is 1.83. The van der Waals surface area contributed by atoms with Gasteiger partial charge in [0.05, 0.1) is 0 Å². The van der Waals surface area contributed by atoms with Crippen molar-refractivity contribution in [1.82, 2.24) is 0 Å². The van der Waals surface area contributed by atoms with Crippen molar-refractivity contribution < 1.29 is 43.9 Å². The molecule has 1 saturated carbocycles. The SMILES string of the molecule is O=C(O)O[C@H]1CC[C@@H](OC(=O)O)[C@@H](OC(=O)O)C1. The molecule has 9 nitrogen and oxygen atoms in total. The van der Waals surface area contributed by atoms with E-state index in [1.807, 2.05) is 0 Å². The van der Waals surface area contributed by atoms with E-state index in [-0.39, 0.29) is 19.3 Å². The van der Waals surface area contributed by atoms with Crippen molar-refractivity contribution in [3.63, 3.8) is 0 Å². The van der Waals surface area contributed by atoms with Crippen molar-refractivity contribution in [2.24, 2.45) is 0 Å². The third-order valence-electron chi connectivity index (χ3n) is 2.45. The van der Waals surface area contributed by atoms with E-state index in [1.165, 1.54) is 0 Å². The Morgan fingerprint density at radius 1 is 0.778 bits per heavy atom. The average molecular weight is 264 g/mol. The molecule has 0 spiro atoms. The lowest BCUT2D eigenvalue weighted by Crippen LogP contribution is -2.42. The summed E-state index contributed by atoms with van der Waals surface area (Å²) in [6, 6.07) is 0. The second-order valence-electron chi connectivity index (χ2n) is 3.66. The minimum atomic E-state index is -1.59. The Morgan fingerprint density at radius 3 is 1.78 bits per heavy atom. The Kier molecular flexibility index (Phi) is 4.58. The van der Waals surface area contributed by atoms with E-state index in [0.717, 1.165) is 0 Å². The van der Waals surface area contributed by atoms with E-state index < -0.39 is 36.8 Å². The zero-order valence-corrected chi connectivity index (χ0v) is 9.14. The molecule has 0 heterocycles. The van der Waals surface area contributed by atoms with Crippen LogP contribution in [0.4, 0.5) is 14.4 Å². The van der Waals surface area contributed by atoms with Crippen molar-refractivity contribution in [3.05, 3.63) is 0 Å². The Hall–Kier alpha value is -2.19. The first-order chi connectivity index (χ1) is 8.38. The van der Waals surface area contributed by atoms with Gasteiger partial charge in [0.25, 0.3) is 0 Å². The molecule has 0 bridgehead atoms. The number of hydrogen-bond acceptors (Lipinski definition) is 6. The summed E-state index contributed by atoms with van der Waals surface area (Å²) in [6.45, 7) is 0. The van der Waals surface area contributed by atoms with Crippen LogP contribution in [0.2, 0.25) is 0 Å². The van der Waals surface area contributed by atoms with Gasteiger partial charge in [-0.2, -0.15) is 0 Å². The third kappa shape index (κ3) is 4.36. The zero-order valence-electron chi connectivity index (χ0n) is 9.14. The van der Waals surface area contributed by atoms with Gasteiger partial charge < -0.3 is 29.5 Å². The monoisotopic (exact) mass is 264 g/mol. The van der Waals surface area contributed by atoms with Gasteiger partial charge >= 0.3 is 18.5 Å². The molecule has 1 aliphatic rings. The molecule has 0 saturated heterocycles. The molecular formula is C9H12O9. The number of carbonyl (C=O) groups is 3. The van der Waals surface area contributed by atoms with Gasteiger partial charge in [-0.15, -0.1) is 0 Å². The summed E-state index contributed by atoms with van der Waals surface area (Å²) >= 11 is 0. The maximum absolute atomic E-state index is 10.4. The van der Waals surface area contributed by atoms with Gasteiger partial charge in [-0.05, 0) is 12.8 Å². The summed E-state index contributed by atoms with van der Waals surface area (Å²) in [5.41, 5.74) is 0. The minimum absolute atomic E-state index is 0.0729. The van der Waals surface area contributed by atoms with Crippen molar-refractivity contribution in [3.8, 4) is 0 Å². The van der Waals surface area contributed by atoms with Crippen LogP contribution in [0.25, 0.3) is 0 Å². The van der Waals surface area contributed by atoms with Crippen LogP contribution in [0, 0.1) is 0 Å². The molecule has 0 aromatic heterocycles. The summed E-state index contributed by atoms with van der Waals surface area (Å²) in [7, 11) is 0. The molecule has 0 radical (unpaired) electrons. The summed E-state index contributed by atoms with van der Waals surface area (Å²) in [4.78, 5) is 31.2. The van der Waals surface area contributed by atoms with Crippen LogP contribution in [-0.2, 0) is 14.2 Å². The van der Waals surface area contributed by atoms with E-state index in [9.17, 15) is 14.4 Å². The standard InChI is InChI=1S/C9H12O9/c10-7(11)16-4-1-2-5(17-8(12)13)6(3-4)18-9(14)15/h4-6H,1-3H2,(H,10,11)(H,12,13)(H,14,15)/t4-,5+,6-/m0/s1. The molecule has 9 heteroatoms. The lowest BCUT2D eigenvalue weighted by atomic mass is 9.92. The summed E-state index contributed by atoms with van der Waals surface area (Å²) in [6.07, 6.45) is -7.08. The van der Waals surface area contributed by atoms with Gasteiger partial charge in [-0.1, -0.05) is 0 Å². The highest BCUT2D eigenvalue weighted by Crippen LogP contribution is 2.26. The number of hydrogen-bond donors (Lipinski definition) is 3. The molecule has 18 heavy (non-hydrogen) atoms. The molecule has 1 aliphatic carbocycles. The van der Waals surface area contributed by atoms with Crippen molar-refractivity contribution in [1.29, 1.82) is 0 Å². The molecule has 1 fully saturated rings. The Bertz CT molecular complexity index is 339. The topological polar surface area (TPSA) is 140 Å². The van der Waals surface area contributed by atoms with Crippen molar-refractivity contribution in [2.75, 3.05) is 0 Å². The average Bonchev–Trinajstić information content (AvgIpc) is 2.19. The van der Waals surface area contributed by atoms with Gasteiger partial charge in [0, 0.05) is 6.42 Å². The maximum atomic E-state index is 10.4. The van der Waals surface area contributed by atoms with Gasteiger partial charge in [0.15, 0.2) is 0 Å². The predicted octanol–water partition coefficient (Wildman–Crippen LogP) is 1.36. The molecule has 1 rings (SSSR count). The smallest absolute Gasteiger partial charge is 0.450 e. The Balaban J connectivity index is 2.62. The fraction of sp³-hybridized carbons (Fsp3) is 0.667. The zero-order chi connectivity index (χ0) is 13.7. The van der Waals surface area contributed by atoms with E-state index in [2.05, 4.69) is 14.2 Å². The van der Waals surface area contributed by atoms with Crippen LogP contribution in [0.3, 0.4) is 0 Å². The quantitative estimate of drug-likeness (QED) is 0.508. The normalized spacial score (nSPS) is 27.0. The van der Waals surface area contributed by atoms with Crippen LogP contribution in [-0.4, -0.2) is 52.1 Å². The van der Waals surface area contributed by atoms with E-state index in [0.29, 0.717) is 0 Å². The maximum Gasteiger partial charge on any atom is 0.506 e. The largest absolute Gasteiger partial charge is 0.506 e. The predicted molar refractivity (Wildman–Crippen MR) is 52.5 cm³/mol. The summed E-state index contributed by atoms with van der Waals surface area (Å²) in [5.74, 6) is 0. The highest BCUT2D eigenvalue weighted by molar-refractivity contribution is 5.59. The first-order valence-corrected chi connectivity index (χ1v) is 5.07. The fourth-order valence-corrected chi connectivity index (χ4v) is 1.83. The molecule has 102 valence electrons. The van der Waals surface area contributed by atoms with Crippen LogP contribution < -0.4 is 0 Å². The Labute approximate surface area is 101 Å². The molecule has 3 N–H and O–H groups in total. The second kappa shape index (κ2) is 5.94. The molecule has 0 amide bonds. The van der Waals surface area contributed by atoms with Crippen molar-refractivity contribution in [2.45, 2.75) is 37.6 Å². The minimum Gasteiger partial charge on any atom is -0.450 e. The van der Waals surface area contributed by atoms with E-state index in [4.69, 9.17) is 15.3 Å². The lowest BCUT2D eigenvalue weighted by molar-refractivity contribution is -0.0874. The highest BCUT2D eigenvalue weighted by atomic mass is 16.7. The Morgan fingerprint density at radius 2 is 1.28 bits per heavy atom. The third-order valence-corrected chi connectivity index (χ3v) is 2.45. The van der Waals surface area contributed by atoms with Gasteiger partial charge in [0.1, 0.15) is 18.3 Å². The molecule has 3 atom stereocenters. The van der Waals surface area contributed by atoms with Crippen molar-refractivity contribution >= 4 is 18.5 Å². The number of carboxylic acid groups (broad SMARTS) is 3. The molecule has 0 unspecified atom stereocenters. The molecular weight excluding hydrogens is 252 g/mol. The lowest BCUT2D eigenvalue weighted by Gasteiger charge is -2.32. The summed E-state index contributed by atoms with van der Waals surface area (Å²) in [5, 5.41) is 25.4. The van der Waals surface area contributed by atoms with Crippen LogP contribution in [0.15, 0.2) is 0 Å². The van der Waals surface area contributed by atoms with Crippen LogP contribution in [0.5, 0.6) is 0 Å². The number of rotatable bonds is 3. The van der Waals surface area contributed by atoms with Crippen LogP contribution >= 0.6 is 0 Å². The molecule has 0 aromatic rings. The first-order valence-electron chi connectivity index (χ1n) is 5.07. The number of ether oxygens (including phenoxy) is 3. The van der Waals surface area contributed by atoms with Gasteiger partial charge in [-0.25, -0.2) is 14.4 Å². The first kappa shape index (κ1) is 13.9.